The lowest BCUT2D eigenvalue weighted by molar-refractivity contribution is 0.0498. The Balaban J connectivity index is 1.51. The lowest BCUT2D eigenvalue weighted by Gasteiger charge is -2.37. The lowest BCUT2D eigenvalue weighted by Crippen LogP contribution is -2.49. The molecule has 3 amide bonds. The second-order valence-corrected chi connectivity index (χ2v) is 15.4. The Morgan fingerprint density at radius 3 is 2.35 bits per heavy atom. The summed E-state index contributed by atoms with van der Waals surface area (Å²) in [6.07, 6.45) is 2.35. The zero-order valence-corrected chi connectivity index (χ0v) is 29.4. The molecule has 4 N–H and O–H groups in total. The predicted molar refractivity (Wildman–Crippen MR) is 182 cm³/mol. The molecule has 0 saturated carbocycles. The molecular weight excluding hydrogens is 658 g/mol. The number of nitrogens with zero attached hydrogens (tertiary/aromatic N) is 3. The highest BCUT2D eigenvalue weighted by molar-refractivity contribution is 7.19. The summed E-state index contributed by atoms with van der Waals surface area (Å²) in [6, 6.07) is 3.09. The van der Waals surface area contributed by atoms with Crippen molar-refractivity contribution in [1.29, 1.82) is 0 Å². The van der Waals surface area contributed by atoms with Gasteiger partial charge < -0.3 is 30.1 Å². The molecule has 0 spiro atoms. The Labute approximate surface area is 287 Å². The molecule has 49 heavy (non-hydrogen) atoms. The number of halogens is 2. The molecule has 12 nitrogen and oxygen atoms in total. The zero-order chi connectivity index (χ0) is 35.9. The number of carbonyl (C=O) groups excluding carboxylic acids is 3. The van der Waals surface area contributed by atoms with Crippen LogP contribution >= 0.6 is 11.3 Å². The quantitative estimate of drug-likeness (QED) is 0.219. The molecule has 264 valence electrons. The van der Waals surface area contributed by atoms with E-state index in [0.29, 0.717) is 49.4 Å². The van der Waals surface area contributed by atoms with E-state index in [1.165, 1.54) is 12.3 Å². The van der Waals surface area contributed by atoms with Crippen molar-refractivity contribution in [3.05, 3.63) is 53.0 Å². The molecule has 2 unspecified atom stereocenters. The highest BCUT2D eigenvalue weighted by atomic mass is 32.1. The summed E-state index contributed by atoms with van der Waals surface area (Å²) in [4.78, 5) is 50.2. The lowest BCUT2D eigenvalue weighted by atomic mass is 10.0. The third kappa shape index (κ3) is 8.44. The van der Waals surface area contributed by atoms with E-state index in [2.05, 4.69) is 25.9 Å². The minimum atomic E-state index is -1.19. The molecule has 1 saturated heterocycles. The SMILES string of the molecule is CC(C)(C)OC(=O)Nc1sc(-c2c(F)cccc2F)nc1C(=O)Nc1cnc2c(c1N1CCCC(NC(=O)OC(C)(C)C)C1)CCC2(C)O. The van der Waals surface area contributed by atoms with Crippen LogP contribution in [0, 0.1) is 11.6 Å². The van der Waals surface area contributed by atoms with Gasteiger partial charge in [0.2, 0.25) is 0 Å². The Morgan fingerprint density at radius 2 is 1.69 bits per heavy atom. The van der Waals surface area contributed by atoms with E-state index < -0.39 is 52.1 Å². The molecule has 3 heterocycles. The largest absolute Gasteiger partial charge is 0.444 e. The fourth-order valence-electron chi connectivity index (χ4n) is 5.90. The van der Waals surface area contributed by atoms with E-state index in [0.717, 1.165) is 35.5 Å². The second kappa shape index (κ2) is 13.5. The molecule has 2 aromatic heterocycles. The van der Waals surface area contributed by atoms with Gasteiger partial charge in [-0.25, -0.2) is 23.4 Å². The topological polar surface area (TPSA) is 155 Å². The van der Waals surface area contributed by atoms with Crippen molar-refractivity contribution in [3.8, 4) is 10.6 Å². The molecular formula is C34H42F2N6O6S. The number of alkyl carbamates (subject to hydrolysis) is 1. The Bertz CT molecular complexity index is 1750. The third-order valence-corrected chi connectivity index (χ3v) is 8.85. The minimum Gasteiger partial charge on any atom is -0.444 e. The maximum atomic E-state index is 14.8. The smallest absolute Gasteiger partial charge is 0.412 e. The first-order chi connectivity index (χ1) is 22.8. The van der Waals surface area contributed by atoms with Gasteiger partial charge >= 0.3 is 12.2 Å². The maximum absolute atomic E-state index is 14.8. The van der Waals surface area contributed by atoms with Crippen molar-refractivity contribution in [2.45, 2.75) is 97.0 Å². The summed E-state index contributed by atoms with van der Waals surface area (Å²) >= 11 is 0.721. The van der Waals surface area contributed by atoms with E-state index in [-0.39, 0.29) is 21.7 Å². The number of hydrogen-bond donors (Lipinski definition) is 4. The minimum absolute atomic E-state index is 0.0809. The first kappa shape index (κ1) is 35.9. The second-order valence-electron chi connectivity index (χ2n) is 14.4. The number of amides is 3. The summed E-state index contributed by atoms with van der Waals surface area (Å²) in [7, 11) is 0. The van der Waals surface area contributed by atoms with Crippen LogP contribution in [0.4, 0.5) is 34.7 Å². The molecule has 3 aromatic rings. The number of anilines is 3. The van der Waals surface area contributed by atoms with Crippen LogP contribution in [0.5, 0.6) is 0 Å². The number of hydrogen-bond acceptors (Lipinski definition) is 10. The third-order valence-electron chi connectivity index (χ3n) is 7.86. The molecule has 2 atom stereocenters. The van der Waals surface area contributed by atoms with E-state index in [9.17, 15) is 28.3 Å². The van der Waals surface area contributed by atoms with Crippen LogP contribution in [-0.2, 0) is 21.5 Å². The number of fused-ring (bicyclic) bond motifs is 1. The van der Waals surface area contributed by atoms with Crippen LogP contribution in [0.2, 0.25) is 0 Å². The van der Waals surface area contributed by atoms with Crippen LogP contribution in [0.1, 0.15) is 89.5 Å². The molecule has 0 radical (unpaired) electrons. The van der Waals surface area contributed by atoms with Crippen molar-refractivity contribution < 1.29 is 37.7 Å². The number of nitrogens with one attached hydrogen (secondary N) is 3. The number of carbonyl (C=O) groups is 3. The van der Waals surface area contributed by atoms with Crippen LogP contribution in [0.15, 0.2) is 24.4 Å². The normalized spacial score (nSPS) is 19.2. The van der Waals surface area contributed by atoms with Gasteiger partial charge in [-0.3, -0.25) is 15.1 Å². The van der Waals surface area contributed by atoms with Gasteiger partial charge in [-0.1, -0.05) is 17.4 Å². The maximum Gasteiger partial charge on any atom is 0.412 e. The molecule has 1 fully saturated rings. The van der Waals surface area contributed by atoms with Gasteiger partial charge in [-0.2, -0.15) is 0 Å². The van der Waals surface area contributed by atoms with Gasteiger partial charge in [-0.05, 0) is 86.3 Å². The predicted octanol–water partition coefficient (Wildman–Crippen LogP) is 6.73. The molecule has 1 aliphatic heterocycles. The standard InChI is InChI=1S/C34H42F2N6O6S/c1-32(2,3)47-30(44)38-18-10-9-15-42(17-18)25-19-13-14-34(7,46)26(19)37-16-22(25)39-27(43)24-29(41-31(45)48-33(4,5)6)49-28(40-24)23-20(35)11-8-12-21(23)36/h8,11-12,16,18,46H,9-10,13-15,17H2,1-7H3,(H,38,44)(H,39,43)(H,41,45). The summed E-state index contributed by atoms with van der Waals surface area (Å²) in [5, 5.41) is 19.1. The summed E-state index contributed by atoms with van der Waals surface area (Å²) in [6.45, 7) is 13.0. The van der Waals surface area contributed by atoms with E-state index in [4.69, 9.17) is 9.47 Å². The number of thiazole rings is 1. The molecule has 1 aliphatic carbocycles. The van der Waals surface area contributed by atoms with Crippen molar-refractivity contribution >= 4 is 45.8 Å². The van der Waals surface area contributed by atoms with Gasteiger partial charge in [0, 0.05) is 24.7 Å². The summed E-state index contributed by atoms with van der Waals surface area (Å²) < 4.78 is 40.4. The number of aromatic nitrogens is 2. The monoisotopic (exact) mass is 700 g/mol. The van der Waals surface area contributed by atoms with Crippen LogP contribution in [0.25, 0.3) is 10.6 Å². The number of ether oxygens (including phenoxy) is 2. The molecule has 1 aromatic carbocycles. The van der Waals surface area contributed by atoms with Crippen LogP contribution in [0.3, 0.4) is 0 Å². The van der Waals surface area contributed by atoms with Crippen LogP contribution in [-0.4, -0.2) is 63.5 Å². The highest BCUT2D eigenvalue weighted by Crippen LogP contribution is 2.44. The van der Waals surface area contributed by atoms with Gasteiger partial charge in [-0.15, -0.1) is 0 Å². The molecule has 5 rings (SSSR count). The Kier molecular flexibility index (Phi) is 9.90. The molecule has 15 heteroatoms. The fraction of sp³-hybridized carbons (Fsp3) is 0.500. The first-order valence-corrected chi connectivity index (χ1v) is 16.9. The average Bonchev–Trinajstić information content (AvgIpc) is 3.50. The van der Waals surface area contributed by atoms with Crippen LogP contribution < -0.4 is 20.9 Å². The summed E-state index contributed by atoms with van der Waals surface area (Å²) in [5.74, 6) is -2.55. The van der Waals surface area contributed by atoms with Gasteiger partial charge in [0.1, 0.15) is 38.4 Å². The summed E-state index contributed by atoms with van der Waals surface area (Å²) in [5.41, 5.74) is -1.30. The molecule has 2 aliphatic rings. The van der Waals surface area contributed by atoms with Gasteiger partial charge in [0.05, 0.1) is 28.8 Å². The number of rotatable bonds is 6. The molecule has 0 bridgehead atoms. The number of aliphatic hydroxyl groups is 1. The van der Waals surface area contributed by atoms with E-state index >= 15 is 0 Å². The van der Waals surface area contributed by atoms with Crippen molar-refractivity contribution in [3.63, 3.8) is 0 Å². The average molecular weight is 701 g/mol. The highest BCUT2D eigenvalue weighted by Gasteiger charge is 2.39. The van der Waals surface area contributed by atoms with Crippen molar-refractivity contribution in [2.75, 3.05) is 28.6 Å². The Morgan fingerprint density at radius 1 is 1.04 bits per heavy atom. The van der Waals surface area contributed by atoms with Crippen molar-refractivity contribution in [1.82, 2.24) is 15.3 Å². The van der Waals surface area contributed by atoms with E-state index in [1.54, 1.807) is 48.5 Å². The van der Waals surface area contributed by atoms with Gasteiger partial charge in [0.15, 0.2) is 5.69 Å². The zero-order valence-electron chi connectivity index (χ0n) is 28.6. The fourth-order valence-corrected chi connectivity index (χ4v) is 6.90. The van der Waals surface area contributed by atoms with Crippen molar-refractivity contribution in [2.24, 2.45) is 0 Å². The Hall–Kier alpha value is -4.37. The first-order valence-electron chi connectivity index (χ1n) is 16.1. The number of pyridine rings is 1. The number of piperidine rings is 1. The van der Waals surface area contributed by atoms with Gasteiger partial charge in [0.25, 0.3) is 5.91 Å². The van der Waals surface area contributed by atoms with E-state index in [1.807, 2.05) is 4.90 Å². The number of benzene rings is 1.